The minimum absolute atomic E-state index is 0.115. The predicted octanol–water partition coefficient (Wildman–Crippen LogP) is 1.72. The van der Waals surface area contributed by atoms with Crippen molar-refractivity contribution in [2.45, 2.75) is 56.7 Å². The van der Waals surface area contributed by atoms with Crippen LogP contribution in [0.5, 0.6) is 0 Å². The average Bonchev–Trinajstić information content (AvgIpc) is 3.10. The number of aliphatic hydroxyl groups excluding tert-OH is 2. The second kappa shape index (κ2) is 8.48. The summed E-state index contributed by atoms with van der Waals surface area (Å²) in [5.41, 5.74) is 0.111. The Hall–Kier alpha value is -2.04. The van der Waals surface area contributed by atoms with Gasteiger partial charge in [-0.2, -0.15) is 0 Å². The molecule has 2 heterocycles. The van der Waals surface area contributed by atoms with Gasteiger partial charge in [-0.1, -0.05) is 13.0 Å². The SMILES string of the molecule is C=CCN1C(=O)[C@@]2(O[C@@H](CCO)[C@H]([Si](C)(C)O)[C@H]2C)c2cc(NC(=O)[C@H](C)O)ccc21. The summed E-state index contributed by atoms with van der Waals surface area (Å²) in [7, 11) is -2.76. The van der Waals surface area contributed by atoms with Gasteiger partial charge in [0.25, 0.3) is 11.8 Å². The van der Waals surface area contributed by atoms with E-state index in [1.54, 1.807) is 29.2 Å². The molecule has 3 rings (SSSR count). The summed E-state index contributed by atoms with van der Waals surface area (Å²) >= 11 is 0. The largest absolute Gasteiger partial charge is 0.432 e. The molecular formula is C22H32N2O6Si. The number of amides is 2. The van der Waals surface area contributed by atoms with Gasteiger partial charge in [-0.05, 0) is 44.6 Å². The summed E-state index contributed by atoms with van der Waals surface area (Å²) < 4.78 is 6.45. The molecule has 8 nitrogen and oxygen atoms in total. The lowest BCUT2D eigenvalue weighted by molar-refractivity contribution is -0.146. The topological polar surface area (TPSA) is 119 Å². The number of anilines is 2. The second-order valence-electron chi connectivity index (χ2n) is 8.97. The van der Waals surface area contributed by atoms with Crippen LogP contribution < -0.4 is 10.2 Å². The highest BCUT2D eigenvalue weighted by atomic mass is 28.4. The number of fused-ring (bicyclic) bond motifs is 2. The molecule has 1 saturated heterocycles. The standard InChI is InChI=1S/C22H32N2O6Si/c1-6-10-24-17-8-7-15(23-20(27)14(3)26)12-16(17)22(21(24)28)13(2)19(31(4,5)29)18(30-22)9-11-25/h6-8,12-14,18-19,25-26,29H,1,9-11H2,2-5H3,(H,23,27)/t13-,14+,18+,19-,22+/m1/s1. The highest BCUT2D eigenvalue weighted by molar-refractivity contribution is 6.71. The van der Waals surface area contributed by atoms with Crippen molar-refractivity contribution in [2.75, 3.05) is 23.4 Å². The van der Waals surface area contributed by atoms with E-state index < -0.39 is 32.0 Å². The molecule has 1 aromatic carbocycles. The van der Waals surface area contributed by atoms with Gasteiger partial charge in [-0.3, -0.25) is 9.59 Å². The zero-order valence-electron chi connectivity index (χ0n) is 18.5. The fourth-order valence-electron chi connectivity index (χ4n) is 5.11. The minimum atomic E-state index is -2.76. The van der Waals surface area contributed by atoms with E-state index in [-0.39, 0.29) is 24.0 Å². The van der Waals surface area contributed by atoms with Crippen molar-refractivity contribution in [2.24, 2.45) is 5.92 Å². The van der Waals surface area contributed by atoms with Gasteiger partial charge < -0.3 is 30.0 Å². The van der Waals surface area contributed by atoms with Crippen LogP contribution in [-0.4, -0.2) is 60.5 Å². The summed E-state index contributed by atoms with van der Waals surface area (Å²) in [6, 6.07) is 5.13. The fourth-order valence-corrected chi connectivity index (χ4v) is 7.71. The molecular weight excluding hydrogens is 416 g/mol. The average molecular weight is 449 g/mol. The minimum Gasteiger partial charge on any atom is -0.432 e. The molecule has 0 aliphatic carbocycles. The van der Waals surface area contributed by atoms with Crippen LogP contribution in [0.4, 0.5) is 11.4 Å². The van der Waals surface area contributed by atoms with Crippen LogP contribution in [0.15, 0.2) is 30.9 Å². The smallest absolute Gasteiger partial charge is 0.264 e. The maximum absolute atomic E-state index is 13.7. The Morgan fingerprint density at radius 2 is 2.13 bits per heavy atom. The van der Waals surface area contributed by atoms with Gasteiger partial charge in [0.2, 0.25) is 0 Å². The zero-order valence-corrected chi connectivity index (χ0v) is 19.5. The van der Waals surface area contributed by atoms with Crippen LogP contribution in [0.1, 0.15) is 25.8 Å². The highest BCUT2D eigenvalue weighted by Gasteiger charge is 2.66. The monoisotopic (exact) mass is 448 g/mol. The quantitative estimate of drug-likeness (QED) is 0.372. The Morgan fingerprint density at radius 1 is 1.45 bits per heavy atom. The third-order valence-electron chi connectivity index (χ3n) is 6.36. The van der Waals surface area contributed by atoms with Crippen molar-refractivity contribution < 1.29 is 29.3 Å². The van der Waals surface area contributed by atoms with Crippen LogP contribution in [0.3, 0.4) is 0 Å². The molecule has 0 bridgehead atoms. The maximum Gasteiger partial charge on any atom is 0.264 e. The number of aliphatic hydroxyl groups is 2. The van der Waals surface area contributed by atoms with Crippen LogP contribution in [-0.2, 0) is 19.9 Å². The highest BCUT2D eigenvalue weighted by Crippen LogP contribution is 2.59. The van der Waals surface area contributed by atoms with Crippen molar-refractivity contribution in [1.29, 1.82) is 0 Å². The number of carbonyl (C=O) groups excluding carboxylic acids is 2. The van der Waals surface area contributed by atoms with E-state index in [1.807, 2.05) is 20.0 Å². The second-order valence-corrected chi connectivity index (χ2v) is 12.9. The van der Waals surface area contributed by atoms with Crippen molar-refractivity contribution >= 4 is 31.5 Å². The molecule has 2 amide bonds. The van der Waals surface area contributed by atoms with Crippen LogP contribution in [0.25, 0.3) is 0 Å². The molecule has 0 radical (unpaired) electrons. The van der Waals surface area contributed by atoms with Gasteiger partial charge in [0.1, 0.15) is 6.10 Å². The van der Waals surface area contributed by atoms with Gasteiger partial charge in [0, 0.05) is 35.9 Å². The van der Waals surface area contributed by atoms with E-state index in [0.717, 1.165) is 0 Å². The molecule has 2 aliphatic rings. The Balaban J connectivity index is 2.15. The summed E-state index contributed by atoms with van der Waals surface area (Å²) in [6.07, 6.45) is 0.303. The van der Waals surface area contributed by atoms with Gasteiger partial charge in [0.05, 0.1) is 11.8 Å². The first-order valence-corrected chi connectivity index (χ1v) is 13.6. The number of carbonyl (C=O) groups is 2. The van der Waals surface area contributed by atoms with Crippen molar-refractivity contribution in [3.05, 3.63) is 36.4 Å². The number of hydrogen-bond acceptors (Lipinski definition) is 6. The van der Waals surface area contributed by atoms with E-state index in [2.05, 4.69) is 11.9 Å². The third-order valence-corrected chi connectivity index (χ3v) is 8.86. The lowest BCUT2D eigenvalue weighted by atomic mass is 9.82. The molecule has 1 fully saturated rings. The van der Waals surface area contributed by atoms with Gasteiger partial charge in [-0.25, -0.2) is 0 Å². The summed E-state index contributed by atoms with van der Waals surface area (Å²) in [4.78, 5) is 38.4. The molecule has 170 valence electrons. The molecule has 4 N–H and O–H groups in total. The maximum atomic E-state index is 13.7. The Bertz CT molecular complexity index is 883. The number of nitrogens with one attached hydrogen (secondary N) is 1. The first-order valence-electron chi connectivity index (χ1n) is 10.6. The molecule has 0 unspecified atom stereocenters. The molecule has 9 heteroatoms. The molecule has 0 saturated carbocycles. The molecule has 5 atom stereocenters. The number of ether oxygens (including phenoxy) is 1. The van der Waals surface area contributed by atoms with E-state index >= 15 is 0 Å². The van der Waals surface area contributed by atoms with E-state index in [0.29, 0.717) is 29.9 Å². The van der Waals surface area contributed by atoms with Crippen molar-refractivity contribution in [3.8, 4) is 0 Å². The molecule has 2 aliphatic heterocycles. The van der Waals surface area contributed by atoms with E-state index in [9.17, 15) is 24.6 Å². The van der Waals surface area contributed by atoms with E-state index in [1.165, 1.54) is 6.92 Å². The van der Waals surface area contributed by atoms with Crippen LogP contribution >= 0.6 is 0 Å². The van der Waals surface area contributed by atoms with Crippen LogP contribution in [0.2, 0.25) is 18.6 Å². The number of rotatable bonds is 7. The van der Waals surface area contributed by atoms with Crippen molar-refractivity contribution in [3.63, 3.8) is 0 Å². The Kier molecular flexibility index (Phi) is 6.46. The lowest BCUT2D eigenvalue weighted by Gasteiger charge is -2.32. The molecule has 1 spiro atoms. The lowest BCUT2D eigenvalue weighted by Crippen LogP contribution is -2.46. The Labute approximate surface area is 183 Å². The first-order chi connectivity index (χ1) is 14.5. The van der Waals surface area contributed by atoms with Gasteiger partial charge in [0.15, 0.2) is 13.9 Å². The van der Waals surface area contributed by atoms with E-state index in [4.69, 9.17) is 4.74 Å². The fraction of sp³-hybridized carbons (Fsp3) is 0.545. The molecule has 31 heavy (non-hydrogen) atoms. The summed E-state index contributed by atoms with van der Waals surface area (Å²) in [5.74, 6) is -1.14. The predicted molar refractivity (Wildman–Crippen MR) is 120 cm³/mol. The number of hydrogen-bond donors (Lipinski definition) is 4. The summed E-state index contributed by atoms with van der Waals surface area (Å²) in [5, 5.41) is 21.8. The summed E-state index contributed by atoms with van der Waals surface area (Å²) in [6.45, 7) is 10.9. The normalized spacial score (nSPS) is 28.7. The first kappa shape index (κ1) is 23.6. The zero-order chi connectivity index (χ0) is 23.1. The van der Waals surface area contributed by atoms with Gasteiger partial charge in [-0.15, -0.1) is 6.58 Å². The third kappa shape index (κ3) is 3.85. The number of benzene rings is 1. The Morgan fingerprint density at radius 3 is 2.68 bits per heavy atom. The van der Waals surface area contributed by atoms with Crippen LogP contribution in [0, 0.1) is 5.92 Å². The van der Waals surface area contributed by atoms with Gasteiger partial charge >= 0.3 is 0 Å². The number of nitrogens with zero attached hydrogens (tertiary/aromatic N) is 1. The molecule has 0 aromatic heterocycles. The molecule has 1 aromatic rings. The van der Waals surface area contributed by atoms with Crippen molar-refractivity contribution in [1.82, 2.24) is 0 Å².